The summed E-state index contributed by atoms with van der Waals surface area (Å²) in [5.74, 6) is -1.51. The smallest absolute Gasteiger partial charge is 1.00 e. The predicted octanol–water partition coefficient (Wildman–Crippen LogP) is 1.82. The van der Waals surface area contributed by atoms with Gasteiger partial charge in [0.05, 0.1) is 4.92 Å². The van der Waals surface area contributed by atoms with Crippen molar-refractivity contribution in [2.24, 2.45) is 16.0 Å². The Labute approximate surface area is 209 Å². The van der Waals surface area contributed by atoms with Crippen molar-refractivity contribution in [3.63, 3.8) is 0 Å². The fourth-order valence-corrected chi connectivity index (χ4v) is 2.85. The second-order valence-corrected chi connectivity index (χ2v) is 7.38. The maximum atomic E-state index is 12.5. The number of benzene rings is 2. The van der Waals surface area contributed by atoms with Crippen molar-refractivity contribution in [2.75, 3.05) is 5.32 Å². The van der Waals surface area contributed by atoms with Crippen LogP contribution in [0.25, 0.3) is 0 Å². The molecule has 0 saturated heterocycles. The van der Waals surface area contributed by atoms with Crippen molar-refractivity contribution >= 4 is 76.6 Å². The van der Waals surface area contributed by atoms with Crippen LogP contribution in [-0.2, 0) is 26.3 Å². The summed E-state index contributed by atoms with van der Waals surface area (Å²) in [5.41, 5.74) is 5.39. The number of hydrogen-bond acceptors (Lipinski definition) is 9. The summed E-state index contributed by atoms with van der Waals surface area (Å²) >= 11 is 0. The van der Waals surface area contributed by atoms with Gasteiger partial charge in [-0.1, -0.05) is 18.2 Å². The van der Waals surface area contributed by atoms with Gasteiger partial charge < -0.3 is 13.9 Å². The predicted molar refractivity (Wildman–Crippen MR) is 113 cm³/mol. The maximum Gasteiger partial charge on any atom is 2.00 e. The summed E-state index contributed by atoms with van der Waals surface area (Å²) in [6, 6.07) is 7.39. The van der Waals surface area contributed by atoms with Crippen LogP contribution in [0.15, 0.2) is 57.6 Å². The minimum absolute atomic E-state index is 0. The van der Waals surface area contributed by atoms with Gasteiger partial charge in [0.1, 0.15) is 4.90 Å². The Balaban J connectivity index is 0. The molecule has 14 heteroatoms. The molecule has 0 heterocycles. The van der Waals surface area contributed by atoms with Crippen molar-refractivity contribution in [2.45, 2.75) is 24.4 Å². The zero-order valence-electron chi connectivity index (χ0n) is 18.3. The van der Waals surface area contributed by atoms with Gasteiger partial charge >= 0.3 is 37.7 Å². The van der Waals surface area contributed by atoms with E-state index < -0.39 is 49.0 Å². The van der Waals surface area contributed by atoms with Crippen LogP contribution in [0.1, 0.15) is 15.3 Å². The van der Waals surface area contributed by atoms with Crippen LogP contribution in [0.4, 0.5) is 17.1 Å². The summed E-state index contributed by atoms with van der Waals surface area (Å²) < 4.78 is 31.3. The largest absolute Gasteiger partial charge is 2.00 e. The van der Waals surface area contributed by atoms with E-state index in [2.05, 4.69) is 15.5 Å². The van der Waals surface area contributed by atoms with Crippen LogP contribution < -0.4 is 11.1 Å². The summed E-state index contributed by atoms with van der Waals surface area (Å²) in [7, 11) is -4.68. The number of Topliss-reactive ketones (excluding diaryl/α,β-unsaturated/α-hetero) is 1. The van der Waals surface area contributed by atoms with E-state index in [0.717, 1.165) is 19.1 Å². The van der Waals surface area contributed by atoms with Gasteiger partial charge in [-0.15, -0.1) is 5.11 Å². The molecule has 0 aliphatic heterocycles. The van der Waals surface area contributed by atoms with Gasteiger partial charge in [0.2, 0.25) is 6.04 Å². The molecule has 2 rings (SSSR count). The number of anilines is 1. The normalized spacial score (nSPS) is 12.1. The Hall–Kier alpha value is -2.29. The van der Waals surface area contributed by atoms with Crippen molar-refractivity contribution < 1.29 is 30.3 Å². The molecule has 0 saturated carbocycles. The monoisotopic (exact) mass is 477 g/mol. The van der Waals surface area contributed by atoms with E-state index in [-0.39, 0.29) is 47.1 Å². The Morgan fingerprint density at radius 2 is 1.94 bits per heavy atom. The number of nitrogens with one attached hydrogen (secondary N) is 1. The summed E-state index contributed by atoms with van der Waals surface area (Å²) in [5, 5.41) is 20.9. The van der Waals surface area contributed by atoms with Crippen LogP contribution in [0, 0.1) is 10.1 Å². The molecule has 2 aromatic carbocycles. The number of amides is 1. The first kappa shape index (κ1) is 26.7. The van der Waals surface area contributed by atoms with Gasteiger partial charge in [0.25, 0.3) is 21.7 Å². The minimum atomic E-state index is -4.68. The third-order valence-corrected chi connectivity index (χ3v) is 4.70. The third kappa shape index (κ3) is 7.12. The molecule has 162 valence electrons. The van der Waals surface area contributed by atoms with Crippen LogP contribution in [0.5, 0.6) is 0 Å². The van der Waals surface area contributed by atoms with Crippen molar-refractivity contribution in [1.82, 2.24) is 0 Å². The molecule has 0 aromatic heterocycles. The molecule has 0 aliphatic carbocycles. The summed E-state index contributed by atoms with van der Waals surface area (Å²) in [6.45, 7) is 1.23. The van der Waals surface area contributed by atoms with Crippen molar-refractivity contribution in [3.8, 4) is 0 Å². The fourth-order valence-electron chi connectivity index (χ4n) is 2.35. The van der Waals surface area contributed by atoms with E-state index in [1.807, 2.05) is 0 Å². The third-order valence-electron chi connectivity index (χ3n) is 3.85. The number of ketones is 1. The van der Waals surface area contributed by atoms with E-state index >= 15 is 0 Å². The topological polar surface area (TPSA) is 194 Å². The number of para-hydroxylation sites is 1. The quantitative estimate of drug-likeness (QED) is 0.128. The zero-order chi connectivity index (χ0) is 22.5. The van der Waals surface area contributed by atoms with Gasteiger partial charge in [0, 0.05) is 18.3 Å². The van der Waals surface area contributed by atoms with Gasteiger partial charge in [-0.05, 0) is 30.7 Å². The molecule has 0 radical (unpaired) electrons. The number of carbonyl (C=O) groups is 2. The number of nitrogens with zero attached hydrogens (tertiary/aromatic N) is 3. The molecule has 12 nitrogen and oxygen atoms in total. The van der Waals surface area contributed by atoms with E-state index in [1.54, 1.807) is 24.3 Å². The number of nitro groups is 1. The van der Waals surface area contributed by atoms with E-state index in [4.69, 9.17) is 10.3 Å². The van der Waals surface area contributed by atoms with E-state index in [1.165, 1.54) is 0 Å². The Bertz CT molecular complexity index is 1150. The Kier molecular flexibility index (Phi) is 9.80. The molecule has 2 aromatic rings. The van der Waals surface area contributed by atoms with E-state index in [0.29, 0.717) is 17.3 Å². The summed E-state index contributed by atoms with van der Waals surface area (Å²) in [4.78, 5) is 33.9. The number of hydrogen-bond donors (Lipinski definition) is 3. The first-order valence-electron chi connectivity index (χ1n) is 8.30. The second-order valence-electron chi connectivity index (χ2n) is 5.96. The van der Waals surface area contributed by atoms with Crippen LogP contribution in [-0.4, -0.2) is 73.4 Å². The van der Waals surface area contributed by atoms with Gasteiger partial charge in [-0.3, -0.25) is 24.3 Å². The number of nitrogens with two attached hydrogens (primary N) is 1. The second kappa shape index (κ2) is 11.4. The molecule has 1 atom stereocenters. The Morgan fingerprint density at radius 1 is 1.29 bits per heavy atom. The molecular weight excluding hydrogens is 458 g/mol. The molecule has 1 unspecified atom stereocenters. The standard InChI is InChI=1S/C17H17N5O7S.Ca.2H/c1-10(23)16(17(24)19-13-5-3-2-4-11(13)9-18)21-20-14-7-6-12(30(27,28)29)8-15(14)22(25)26;;;/h2-8,16H,9,18H2,1H3,(H,19,24)(H,27,28,29);;;/q;+2;2*-1. The van der Waals surface area contributed by atoms with Gasteiger partial charge in [-0.2, -0.15) is 13.5 Å². The number of nitro benzene ring substituents is 1. The molecule has 31 heavy (non-hydrogen) atoms. The molecule has 0 bridgehead atoms. The van der Waals surface area contributed by atoms with Crippen LogP contribution in [0.3, 0.4) is 0 Å². The average Bonchev–Trinajstić information content (AvgIpc) is 2.67. The molecule has 1 amide bonds. The fraction of sp³-hybridized carbons (Fsp3) is 0.176. The van der Waals surface area contributed by atoms with Crippen molar-refractivity contribution in [3.05, 3.63) is 58.1 Å². The molecular formula is C17H19CaN5O7S. The van der Waals surface area contributed by atoms with Gasteiger partial charge in [0.15, 0.2) is 11.5 Å². The summed E-state index contributed by atoms with van der Waals surface area (Å²) in [6.07, 6.45) is 0. The number of rotatable bonds is 8. The maximum absolute atomic E-state index is 12.5. The van der Waals surface area contributed by atoms with E-state index in [9.17, 15) is 28.1 Å². The molecule has 4 N–H and O–H groups in total. The number of azo groups is 1. The first-order chi connectivity index (χ1) is 14.0. The first-order valence-corrected chi connectivity index (χ1v) is 9.74. The molecule has 0 fully saturated rings. The molecule has 0 aliphatic rings. The molecule has 0 spiro atoms. The van der Waals surface area contributed by atoms with Gasteiger partial charge in [-0.25, -0.2) is 0 Å². The van der Waals surface area contributed by atoms with Crippen molar-refractivity contribution in [1.29, 1.82) is 0 Å². The van der Waals surface area contributed by atoms with Crippen LogP contribution >= 0.6 is 0 Å². The minimum Gasteiger partial charge on any atom is -1.00 e. The number of carbonyl (C=O) groups excluding carboxylic acids is 2. The van der Waals surface area contributed by atoms with Crippen LogP contribution in [0.2, 0.25) is 0 Å². The SMILES string of the molecule is CC(=O)C(N=Nc1ccc(S(=O)(=O)O)cc1[N+](=O)[O-])C(=O)Nc1ccccc1CN.[Ca+2].[H-].[H-]. The Morgan fingerprint density at radius 3 is 2.48 bits per heavy atom. The zero-order valence-corrected chi connectivity index (χ0v) is 19.3. The average molecular weight is 478 g/mol.